The predicted octanol–water partition coefficient (Wildman–Crippen LogP) is 3.57. The number of para-hydroxylation sites is 1. The lowest BCUT2D eigenvalue weighted by Gasteiger charge is -2.16. The van der Waals surface area contributed by atoms with E-state index in [0.29, 0.717) is 0 Å². The van der Waals surface area contributed by atoms with Crippen molar-refractivity contribution in [2.75, 3.05) is 13.2 Å². The second-order valence-electron chi connectivity index (χ2n) is 6.22. The van der Waals surface area contributed by atoms with Gasteiger partial charge in [-0.2, -0.15) is 5.10 Å². The van der Waals surface area contributed by atoms with E-state index in [0.717, 1.165) is 34.9 Å². The standard InChI is InChI=1S/C19H22BrN3O/c1-13-5-6-14(8-18(13)20)7-15(12-24)9-21-10-16-3-2-4-17-11-22-23-19(16)17/h2-6,8,11,15,21,24H,7,9-10,12H2,1H3,(H,22,23). The summed E-state index contributed by atoms with van der Waals surface area (Å²) in [6.07, 6.45) is 2.70. The molecule has 126 valence electrons. The summed E-state index contributed by atoms with van der Waals surface area (Å²) in [5, 5.41) is 21.4. The van der Waals surface area contributed by atoms with Crippen molar-refractivity contribution < 1.29 is 5.11 Å². The molecule has 5 heteroatoms. The molecule has 0 bridgehead atoms. The van der Waals surface area contributed by atoms with Crippen molar-refractivity contribution in [3.05, 3.63) is 63.8 Å². The zero-order valence-electron chi connectivity index (χ0n) is 13.7. The number of halogens is 1. The van der Waals surface area contributed by atoms with Crippen LogP contribution in [0, 0.1) is 12.8 Å². The molecule has 1 unspecified atom stereocenters. The summed E-state index contributed by atoms with van der Waals surface area (Å²) in [6.45, 7) is 3.78. The highest BCUT2D eigenvalue weighted by molar-refractivity contribution is 9.10. The minimum Gasteiger partial charge on any atom is -0.396 e. The number of H-pyrrole nitrogens is 1. The Morgan fingerprint density at radius 2 is 2.17 bits per heavy atom. The molecule has 2 aromatic carbocycles. The second kappa shape index (κ2) is 7.92. The summed E-state index contributed by atoms with van der Waals surface area (Å²) >= 11 is 3.57. The first-order valence-electron chi connectivity index (χ1n) is 8.15. The third-order valence-electron chi connectivity index (χ3n) is 4.33. The number of aliphatic hydroxyl groups excluding tert-OH is 1. The number of aliphatic hydroxyl groups is 1. The zero-order chi connectivity index (χ0) is 16.9. The highest BCUT2D eigenvalue weighted by atomic mass is 79.9. The van der Waals surface area contributed by atoms with Gasteiger partial charge >= 0.3 is 0 Å². The quantitative estimate of drug-likeness (QED) is 0.580. The molecule has 0 radical (unpaired) electrons. The maximum absolute atomic E-state index is 9.68. The Balaban J connectivity index is 1.58. The van der Waals surface area contributed by atoms with Crippen LogP contribution in [0.15, 0.2) is 47.1 Å². The third-order valence-corrected chi connectivity index (χ3v) is 5.18. The third kappa shape index (κ3) is 4.04. The molecule has 1 aromatic heterocycles. The number of aryl methyl sites for hydroxylation is 1. The molecule has 0 saturated carbocycles. The number of fused-ring (bicyclic) bond motifs is 1. The lowest BCUT2D eigenvalue weighted by Crippen LogP contribution is -2.26. The van der Waals surface area contributed by atoms with Crippen molar-refractivity contribution >= 4 is 26.8 Å². The Morgan fingerprint density at radius 1 is 1.29 bits per heavy atom. The van der Waals surface area contributed by atoms with Crippen molar-refractivity contribution in [1.82, 2.24) is 15.5 Å². The molecular formula is C19H22BrN3O. The fourth-order valence-corrected chi connectivity index (χ4v) is 3.31. The summed E-state index contributed by atoms with van der Waals surface area (Å²) in [7, 11) is 0. The van der Waals surface area contributed by atoms with Gasteiger partial charge in [-0.3, -0.25) is 5.10 Å². The summed E-state index contributed by atoms with van der Waals surface area (Å²) in [5.41, 5.74) is 4.74. The van der Waals surface area contributed by atoms with Gasteiger partial charge in [0, 0.05) is 29.6 Å². The topological polar surface area (TPSA) is 60.9 Å². The summed E-state index contributed by atoms with van der Waals surface area (Å²) < 4.78 is 1.12. The Labute approximate surface area is 150 Å². The van der Waals surface area contributed by atoms with E-state index in [4.69, 9.17) is 0 Å². The number of benzene rings is 2. The Hall–Kier alpha value is -1.69. The van der Waals surface area contributed by atoms with Gasteiger partial charge in [0.1, 0.15) is 0 Å². The van der Waals surface area contributed by atoms with Crippen LogP contribution in [0.3, 0.4) is 0 Å². The lowest BCUT2D eigenvalue weighted by molar-refractivity contribution is 0.221. The smallest absolute Gasteiger partial charge is 0.0695 e. The largest absolute Gasteiger partial charge is 0.396 e. The van der Waals surface area contributed by atoms with Crippen LogP contribution in [0.2, 0.25) is 0 Å². The molecule has 0 saturated heterocycles. The van der Waals surface area contributed by atoms with E-state index in [-0.39, 0.29) is 12.5 Å². The monoisotopic (exact) mass is 387 g/mol. The van der Waals surface area contributed by atoms with Gasteiger partial charge in [0.25, 0.3) is 0 Å². The van der Waals surface area contributed by atoms with Gasteiger partial charge in [0.05, 0.1) is 11.7 Å². The van der Waals surface area contributed by atoms with Crippen LogP contribution in [0.4, 0.5) is 0 Å². The minimum absolute atomic E-state index is 0.173. The summed E-state index contributed by atoms with van der Waals surface area (Å²) in [4.78, 5) is 0. The van der Waals surface area contributed by atoms with Gasteiger partial charge in [-0.25, -0.2) is 0 Å². The normalized spacial score (nSPS) is 12.6. The minimum atomic E-state index is 0.173. The number of hydrogen-bond donors (Lipinski definition) is 3. The van der Waals surface area contributed by atoms with Gasteiger partial charge in [0.2, 0.25) is 0 Å². The van der Waals surface area contributed by atoms with Crippen LogP contribution in [0.1, 0.15) is 16.7 Å². The van der Waals surface area contributed by atoms with Gasteiger partial charge < -0.3 is 10.4 Å². The summed E-state index contributed by atoms with van der Waals surface area (Å²) in [6, 6.07) is 12.6. The van der Waals surface area contributed by atoms with Crippen molar-refractivity contribution in [3.8, 4) is 0 Å². The number of nitrogens with one attached hydrogen (secondary N) is 2. The van der Waals surface area contributed by atoms with Crippen LogP contribution in [0.25, 0.3) is 10.9 Å². The maximum atomic E-state index is 9.68. The van der Waals surface area contributed by atoms with Crippen LogP contribution in [0.5, 0.6) is 0 Å². The van der Waals surface area contributed by atoms with E-state index in [9.17, 15) is 5.11 Å². The first-order valence-corrected chi connectivity index (χ1v) is 8.94. The molecule has 0 fully saturated rings. The van der Waals surface area contributed by atoms with Gasteiger partial charge in [0.15, 0.2) is 0 Å². The molecular weight excluding hydrogens is 366 g/mol. The molecule has 1 atom stereocenters. The fraction of sp³-hybridized carbons (Fsp3) is 0.316. The Morgan fingerprint density at radius 3 is 2.96 bits per heavy atom. The molecule has 24 heavy (non-hydrogen) atoms. The van der Waals surface area contributed by atoms with E-state index in [1.807, 2.05) is 18.3 Å². The molecule has 0 spiro atoms. The number of aromatic nitrogens is 2. The van der Waals surface area contributed by atoms with Crippen LogP contribution in [-0.4, -0.2) is 28.5 Å². The average Bonchev–Trinajstić information content (AvgIpc) is 3.06. The van der Waals surface area contributed by atoms with Crippen molar-refractivity contribution in [1.29, 1.82) is 0 Å². The maximum Gasteiger partial charge on any atom is 0.0695 e. The molecule has 3 aromatic rings. The van der Waals surface area contributed by atoms with Gasteiger partial charge in [-0.05, 0) is 42.0 Å². The molecule has 0 aliphatic carbocycles. The highest BCUT2D eigenvalue weighted by Gasteiger charge is 2.10. The molecule has 4 nitrogen and oxygen atoms in total. The molecule has 3 N–H and O–H groups in total. The van der Waals surface area contributed by atoms with Crippen molar-refractivity contribution in [2.24, 2.45) is 5.92 Å². The van der Waals surface area contributed by atoms with E-state index in [1.165, 1.54) is 16.7 Å². The molecule has 3 rings (SSSR count). The first kappa shape index (κ1) is 17.1. The number of aromatic amines is 1. The van der Waals surface area contributed by atoms with E-state index < -0.39 is 0 Å². The predicted molar refractivity (Wildman–Crippen MR) is 101 cm³/mol. The number of rotatable bonds is 7. The van der Waals surface area contributed by atoms with Crippen LogP contribution < -0.4 is 5.32 Å². The summed E-state index contributed by atoms with van der Waals surface area (Å²) in [5.74, 6) is 0.195. The first-order chi connectivity index (χ1) is 11.7. The van der Waals surface area contributed by atoms with Crippen molar-refractivity contribution in [2.45, 2.75) is 19.9 Å². The SMILES string of the molecule is Cc1ccc(CC(CO)CNCc2cccc3cn[nH]c23)cc1Br. The Bertz CT molecular complexity index is 815. The van der Waals surface area contributed by atoms with Gasteiger partial charge in [-0.15, -0.1) is 0 Å². The molecule has 0 amide bonds. The van der Waals surface area contributed by atoms with E-state index in [2.05, 4.69) is 62.6 Å². The zero-order valence-corrected chi connectivity index (χ0v) is 15.3. The van der Waals surface area contributed by atoms with E-state index >= 15 is 0 Å². The van der Waals surface area contributed by atoms with Crippen LogP contribution in [-0.2, 0) is 13.0 Å². The Kier molecular flexibility index (Phi) is 5.66. The lowest BCUT2D eigenvalue weighted by atomic mass is 9.99. The highest BCUT2D eigenvalue weighted by Crippen LogP contribution is 2.20. The number of hydrogen-bond acceptors (Lipinski definition) is 3. The molecule has 1 heterocycles. The fourth-order valence-electron chi connectivity index (χ4n) is 2.89. The molecule has 0 aliphatic rings. The second-order valence-corrected chi connectivity index (χ2v) is 7.07. The molecule has 0 aliphatic heterocycles. The van der Waals surface area contributed by atoms with Crippen LogP contribution >= 0.6 is 15.9 Å². The van der Waals surface area contributed by atoms with Crippen molar-refractivity contribution in [3.63, 3.8) is 0 Å². The van der Waals surface area contributed by atoms with Gasteiger partial charge in [-0.1, -0.05) is 46.3 Å². The van der Waals surface area contributed by atoms with E-state index in [1.54, 1.807) is 0 Å². The number of nitrogens with zero attached hydrogens (tertiary/aromatic N) is 1. The average molecular weight is 388 g/mol.